The molecule has 0 aliphatic heterocycles. The molecule has 0 amide bonds. The van der Waals surface area contributed by atoms with E-state index in [1.807, 2.05) is 30.3 Å². The molecule has 1 atom stereocenters. The summed E-state index contributed by atoms with van der Waals surface area (Å²) in [6, 6.07) is 9.10. The Labute approximate surface area is 95.3 Å². The maximum absolute atomic E-state index is 10.4. The number of carboxylic acids is 1. The van der Waals surface area contributed by atoms with E-state index in [0.717, 1.165) is 0 Å². The zero-order chi connectivity index (χ0) is 9.68. The third-order valence-electron chi connectivity index (χ3n) is 1.49. The van der Waals surface area contributed by atoms with Crippen LogP contribution >= 0.6 is 12.4 Å². The second kappa shape index (κ2) is 6.85. The van der Waals surface area contributed by atoms with Crippen molar-refractivity contribution in [3.05, 3.63) is 30.3 Å². The molecule has 0 aliphatic rings. The van der Waals surface area contributed by atoms with Crippen LogP contribution in [0.2, 0.25) is 5.32 Å². The zero-order valence-electron chi connectivity index (χ0n) is 7.42. The van der Waals surface area contributed by atoms with Gasteiger partial charge in [-0.15, -0.1) is 12.4 Å². The summed E-state index contributed by atoms with van der Waals surface area (Å²) < 4.78 is 1.19. The Morgan fingerprint density at radius 1 is 1.43 bits per heavy atom. The monoisotopic (exact) mass is 281 g/mol. The van der Waals surface area contributed by atoms with Crippen molar-refractivity contribution in [3.63, 3.8) is 0 Å². The van der Waals surface area contributed by atoms with Gasteiger partial charge in [0.2, 0.25) is 0 Å². The molecule has 1 aromatic carbocycles. The fourth-order valence-corrected chi connectivity index (χ4v) is 2.59. The van der Waals surface area contributed by atoms with Gasteiger partial charge in [0.25, 0.3) is 0 Å². The summed E-state index contributed by atoms with van der Waals surface area (Å²) in [4.78, 5) is 10.4. The Balaban J connectivity index is 0.00000169. The second-order valence-corrected chi connectivity index (χ2v) is 4.86. The summed E-state index contributed by atoms with van der Waals surface area (Å²) in [6.07, 6.45) is 0. The van der Waals surface area contributed by atoms with Crippen LogP contribution in [0.15, 0.2) is 30.3 Å². The molecule has 0 aliphatic carbocycles. The first-order chi connectivity index (χ1) is 6.20. The standard InChI is InChI=1S/C9H11NO2Se.ClH/c10-8(9(11)12)6-13-7-4-2-1-3-5-7;/h1-5,8H,6,10H2,(H,11,12);1H/t8-;/m0./s1. The van der Waals surface area contributed by atoms with E-state index in [9.17, 15) is 4.79 Å². The number of carboxylic acid groups (broad SMARTS) is 1. The molecule has 0 spiro atoms. The molecule has 0 fully saturated rings. The van der Waals surface area contributed by atoms with E-state index in [4.69, 9.17) is 10.8 Å². The van der Waals surface area contributed by atoms with Crippen molar-refractivity contribution in [2.45, 2.75) is 11.4 Å². The molecule has 3 nitrogen and oxygen atoms in total. The first-order valence-electron chi connectivity index (χ1n) is 3.86. The van der Waals surface area contributed by atoms with Gasteiger partial charge >= 0.3 is 82.7 Å². The fourth-order valence-electron chi connectivity index (χ4n) is 0.774. The van der Waals surface area contributed by atoms with Crippen LogP contribution < -0.4 is 10.2 Å². The summed E-state index contributed by atoms with van der Waals surface area (Å²) in [6.45, 7) is 0. The van der Waals surface area contributed by atoms with E-state index in [0.29, 0.717) is 5.32 Å². The number of hydrogen-bond donors (Lipinski definition) is 2. The normalized spacial score (nSPS) is 11.5. The Hall–Kier alpha value is -0.541. The minimum atomic E-state index is -0.919. The predicted octanol–water partition coefficient (Wildman–Crippen LogP) is 0.268. The van der Waals surface area contributed by atoms with Crippen LogP contribution in [0.4, 0.5) is 0 Å². The topological polar surface area (TPSA) is 63.3 Å². The van der Waals surface area contributed by atoms with Gasteiger partial charge in [0, 0.05) is 0 Å². The van der Waals surface area contributed by atoms with Crippen LogP contribution in [0.3, 0.4) is 0 Å². The van der Waals surface area contributed by atoms with E-state index in [-0.39, 0.29) is 27.4 Å². The third-order valence-corrected chi connectivity index (χ3v) is 3.86. The molecule has 0 saturated heterocycles. The van der Waals surface area contributed by atoms with Crippen molar-refractivity contribution in [2.24, 2.45) is 5.73 Å². The minimum absolute atomic E-state index is 0. The molecule has 0 radical (unpaired) electrons. The van der Waals surface area contributed by atoms with Crippen molar-refractivity contribution in [3.8, 4) is 0 Å². The predicted molar refractivity (Wildman–Crippen MR) is 59.5 cm³/mol. The van der Waals surface area contributed by atoms with Crippen LogP contribution in [0.1, 0.15) is 0 Å². The summed E-state index contributed by atoms with van der Waals surface area (Å²) in [5.74, 6) is -0.919. The Bertz CT molecular complexity index is 281. The van der Waals surface area contributed by atoms with Gasteiger partial charge in [-0.25, -0.2) is 0 Å². The van der Waals surface area contributed by atoms with Crippen LogP contribution in [0.5, 0.6) is 0 Å². The van der Waals surface area contributed by atoms with Gasteiger partial charge < -0.3 is 0 Å². The Kier molecular flexibility index (Phi) is 6.58. The quantitative estimate of drug-likeness (QED) is 0.778. The molecular formula is C9H12ClNO2Se. The van der Waals surface area contributed by atoms with E-state index >= 15 is 0 Å². The van der Waals surface area contributed by atoms with Crippen molar-refractivity contribution < 1.29 is 9.90 Å². The number of benzene rings is 1. The van der Waals surface area contributed by atoms with Gasteiger partial charge in [-0.3, -0.25) is 0 Å². The molecular weight excluding hydrogens is 269 g/mol. The van der Waals surface area contributed by atoms with Crippen LogP contribution in [0.25, 0.3) is 0 Å². The van der Waals surface area contributed by atoms with Crippen molar-refractivity contribution in [1.29, 1.82) is 0 Å². The SMILES string of the molecule is Cl.N[C@@H](C[Se]c1ccccc1)C(=O)O. The van der Waals surface area contributed by atoms with Gasteiger partial charge in [-0.2, -0.15) is 0 Å². The molecule has 5 heteroatoms. The van der Waals surface area contributed by atoms with Gasteiger partial charge in [-0.05, 0) is 0 Å². The Morgan fingerprint density at radius 3 is 2.50 bits per heavy atom. The second-order valence-electron chi connectivity index (χ2n) is 2.57. The third kappa shape index (κ3) is 4.63. The summed E-state index contributed by atoms with van der Waals surface area (Å²) in [5.41, 5.74) is 5.38. The number of aliphatic carboxylic acids is 1. The van der Waals surface area contributed by atoms with Crippen molar-refractivity contribution in [1.82, 2.24) is 0 Å². The molecule has 14 heavy (non-hydrogen) atoms. The number of halogens is 1. The van der Waals surface area contributed by atoms with E-state index < -0.39 is 12.0 Å². The Morgan fingerprint density at radius 2 is 2.00 bits per heavy atom. The maximum atomic E-state index is 10.4. The molecule has 78 valence electrons. The zero-order valence-corrected chi connectivity index (χ0v) is 9.95. The first-order valence-corrected chi connectivity index (χ1v) is 5.93. The number of nitrogens with two attached hydrogens (primary N) is 1. The van der Waals surface area contributed by atoms with Crippen molar-refractivity contribution in [2.75, 3.05) is 0 Å². The van der Waals surface area contributed by atoms with E-state index in [2.05, 4.69) is 0 Å². The molecule has 1 aromatic rings. The van der Waals surface area contributed by atoms with Crippen molar-refractivity contribution >= 4 is 37.8 Å². The average molecular weight is 281 g/mol. The molecule has 1 rings (SSSR count). The fraction of sp³-hybridized carbons (Fsp3) is 0.222. The van der Waals surface area contributed by atoms with Crippen LogP contribution in [-0.2, 0) is 4.79 Å². The molecule has 0 heterocycles. The van der Waals surface area contributed by atoms with Crippen LogP contribution in [0, 0.1) is 0 Å². The van der Waals surface area contributed by atoms with Gasteiger partial charge in [0.1, 0.15) is 0 Å². The summed E-state index contributed by atoms with van der Waals surface area (Å²) in [7, 11) is 0. The molecule has 0 bridgehead atoms. The first kappa shape index (κ1) is 13.5. The number of hydrogen-bond acceptors (Lipinski definition) is 2. The average Bonchev–Trinajstić information content (AvgIpc) is 2.15. The molecule has 0 aromatic heterocycles. The molecule has 0 unspecified atom stereocenters. The van der Waals surface area contributed by atoms with E-state index in [1.54, 1.807) is 0 Å². The van der Waals surface area contributed by atoms with Gasteiger partial charge in [-0.1, -0.05) is 0 Å². The molecule has 3 N–H and O–H groups in total. The van der Waals surface area contributed by atoms with E-state index in [1.165, 1.54) is 4.46 Å². The number of rotatable bonds is 4. The van der Waals surface area contributed by atoms with Crippen LogP contribution in [-0.4, -0.2) is 32.1 Å². The number of carbonyl (C=O) groups is 1. The molecule has 0 saturated carbocycles. The van der Waals surface area contributed by atoms with Gasteiger partial charge in [0.05, 0.1) is 0 Å². The van der Waals surface area contributed by atoms with Gasteiger partial charge in [0.15, 0.2) is 0 Å². The summed E-state index contributed by atoms with van der Waals surface area (Å²) >= 11 is 0.166. The summed E-state index contributed by atoms with van der Waals surface area (Å²) in [5, 5.41) is 9.09.